The smallest absolute Gasteiger partial charge is 0.143 e. The lowest BCUT2D eigenvalue weighted by Gasteiger charge is -2.11. The van der Waals surface area contributed by atoms with Gasteiger partial charge in [0.2, 0.25) is 0 Å². The molecular formula is C44H27NOS. The van der Waals surface area contributed by atoms with Gasteiger partial charge in [-0.15, -0.1) is 11.3 Å². The van der Waals surface area contributed by atoms with Crippen molar-refractivity contribution < 1.29 is 4.42 Å². The molecular weight excluding hydrogens is 591 g/mol. The second kappa shape index (κ2) is 10.3. The Morgan fingerprint density at radius 3 is 2.02 bits per heavy atom. The standard InChI is InChI=1S/C44H27NOS/c1-3-12-28(13-4-1)29-23-25-40-38(26-29)35-20-11-19-34(43(35)46-40)33-17-8-7-16-32(33)30-22-24-37-41(27-30)47-44-36-18-9-10-21-39(36)45(42(37)44)31-14-5-2-6-15-31/h1-27H. The summed E-state index contributed by atoms with van der Waals surface area (Å²) in [5, 5.41) is 4.84. The van der Waals surface area contributed by atoms with Crippen LogP contribution >= 0.6 is 11.3 Å². The van der Waals surface area contributed by atoms with Crippen LogP contribution in [-0.2, 0) is 0 Å². The minimum atomic E-state index is 0.905. The van der Waals surface area contributed by atoms with Crippen LogP contribution in [0.15, 0.2) is 168 Å². The molecule has 3 heterocycles. The molecule has 0 saturated heterocycles. The number of fused-ring (bicyclic) bond motifs is 8. The molecule has 0 bridgehead atoms. The molecule has 10 aromatic rings. The van der Waals surface area contributed by atoms with Gasteiger partial charge in [-0.3, -0.25) is 0 Å². The van der Waals surface area contributed by atoms with E-state index >= 15 is 0 Å². The summed E-state index contributed by atoms with van der Waals surface area (Å²) in [5.74, 6) is 0. The molecule has 10 rings (SSSR count). The molecule has 2 nitrogen and oxygen atoms in total. The second-order valence-electron chi connectivity index (χ2n) is 12.1. The average Bonchev–Trinajstić information content (AvgIpc) is 3.80. The van der Waals surface area contributed by atoms with E-state index in [0.717, 1.165) is 27.5 Å². The van der Waals surface area contributed by atoms with E-state index in [1.54, 1.807) is 0 Å². The molecule has 0 aliphatic heterocycles. The Kier molecular flexibility index (Phi) is 5.78. The van der Waals surface area contributed by atoms with Gasteiger partial charge in [0.1, 0.15) is 11.2 Å². The molecule has 3 heteroatoms. The fourth-order valence-corrected chi connectivity index (χ4v) is 8.53. The fourth-order valence-electron chi connectivity index (χ4n) is 7.27. The Morgan fingerprint density at radius 2 is 1.15 bits per heavy atom. The zero-order valence-corrected chi connectivity index (χ0v) is 26.2. The third-order valence-electron chi connectivity index (χ3n) is 9.42. The minimum absolute atomic E-state index is 0.905. The Balaban J connectivity index is 1.15. The number of rotatable bonds is 4. The van der Waals surface area contributed by atoms with Crippen molar-refractivity contribution in [2.24, 2.45) is 0 Å². The Bertz CT molecular complexity index is 2780. The van der Waals surface area contributed by atoms with Crippen LogP contribution in [0.4, 0.5) is 0 Å². The van der Waals surface area contributed by atoms with Gasteiger partial charge in [0, 0.05) is 37.5 Å². The van der Waals surface area contributed by atoms with E-state index in [1.807, 2.05) is 11.3 Å². The van der Waals surface area contributed by atoms with Crippen molar-refractivity contribution in [1.82, 2.24) is 4.57 Å². The van der Waals surface area contributed by atoms with Crippen molar-refractivity contribution in [2.75, 3.05) is 0 Å². The summed E-state index contributed by atoms with van der Waals surface area (Å²) in [6, 6.07) is 58.7. The molecule has 0 N–H and O–H groups in total. The average molecular weight is 618 g/mol. The molecule has 0 aliphatic carbocycles. The fraction of sp³-hybridized carbons (Fsp3) is 0. The number of para-hydroxylation sites is 3. The monoisotopic (exact) mass is 617 g/mol. The SMILES string of the molecule is c1ccc(-c2ccc3oc4c(-c5ccccc5-c5ccc6c(c5)sc5c7ccccc7n(-c7ccccc7)c65)cccc4c3c2)cc1. The predicted octanol–water partition coefficient (Wildman–Crippen LogP) is 12.9. The van der Waals surface area contributed by atoms with Crippen molar-refractivity contribution in [1.29, 1.82) is 0 Å². The molecule has 0 fully saturated rings. The summed E-state index contributed by atoms with van der Waals surface area (Å²) in [6.07, 6.45) is 0. The summed E-state index contributed by atoms with van der Waals surface area (Å²) >= 11 is 1.88. The summed E-state index contributed by atoms with van der Waals surface area (Å²) in [6.45, 7) is 0. The normalized spacial score (nSPS) is 11.8. The van der Waals surface area contributed by atoms with Gasteiger partial charge in [-0.1, -0.05) is 127 Å². The molecule has 0 spiro atoms. The number of furan rings is 1. The van der Waals surface area contributed by atoms with Crippen LogP contribution in [0.25, 0.3) is 92.2 Å². The van der Waals surface area contributed by atoms with Gasteiger partial charge in [0.05, 0.1) is 15.7 Å². The Hall–Kier alpha value is -5.90. The van der Waals surface area contributed by atoms with E-state index in [2.05, 4.69) is 168 Å². The van der Waals surface area contributed by atoms with E-state index in [1.165, 1.54) is 64.7 Å². The minimum Gasteiger partial charge on any atom is -0.455 e. The highest BCUT2D eigenvalue weighted by molar-refractivity contribution is 7.26. The number of aromatic nitrogens is 1. The Morgan fingerprint density at radius 1 is 0.447 bits per heavy atom. The number of nitrogens with zero attached hydrogens (tertiary/aromatic N) is 1. The topological polar surface area (TPSA) is 18.1 Å². The highest BCUT2D eigenvalue weighted by atomic mass is 32.1. The van der Waals surface area contributed by atoms with Crippen molar-refractivity contribution in [3.8, 4) is 39.1 Å². The molecule has 7 aromatic carbocycles. The molecule has 3 aromatic heterocycles. The first kappa shape index (κ1) is 26.3. The number of thiophene rings is 1. The van der Waals surface area contributed by atoms with Gasteiger partial charge in [-0.25, -0.2) is 0 Å². The van der Waals surface area contributed by atoms with Crippen molar-refractivity contribution in [2.45, 2.75) is 0 Å². The third kappa shape index (κ3) is 4.04. The van der Waals surface area contributed by atoms with E-state index in [-0.39, 0.29) is 0 Å². The zero-order valence-electron chi connectivity index (χ0n) is 25.4. The molecule has 0 aliphatic rings. The molecule has 220 valence electrons. The second-order valence-corrected chi connectivity index (χ2v) is 13.1. The molecule has 0 unspecified atom stereocenters. The highest BCUT2D eigenvalue weighted by Crippen LogP contribution is 2.45. The van der Waals surface area contributed by atoms with Gasteiger partial charge >= 0.3 is 0 Å². The van der Waals surface area contributed by atoms with Crippen LogP contribution < -0.4 is 0 Å². The van der Waals surface area contributed by atoms with Crippen molar-refractivity contribution >= 4 is 64.5 Å². The molecule has 0 amide bonds. The van der Waals surface area contributed by atoms with Crippen LogP contribution in [0.2, 0.25) is 0 Å². The quantitative estimate of drug-likeness (QED) is 0.192. The number of hydrogen-bond acceptors (Lipinski definition) is 2. The van der Waals surface area contributed by atoms with Crippen LogP contribution in [-0.4, -0.2) is 4.57 Å². The van der Waals surface area contributed by atoms with Gasteiger partial charge in [0.25, 0.3) is 0 Å². The zero-order chi connectivity index (χ0) is 30.9. The number of benzene rings is 7. The molecule has 47 heavy (non-hydrogen) atoms. The lowest BCUT2D eigenvalue weighted by Crippen LogP contribution is -1.92. The maximum Gasteiger partial charge on any atom is 0.143 e. The summed E-state index contributed by atoms with van der Waals surface area (Å²) < 4.78 is 11.6. The van der Waals surface area contributed by atoms with E-state index in [0.29, 0.717) is 0 Å². The van der Waals surface area contributed by atoms with Gasteiger partial charge in [-0.2, -0.15) is 0 Å². The van der Waals surface area contributed by atoms with Crippen LogP contribution in [0.1, 0.15) is 0 Å². The first-order valence-corrected chi connectivity index (χ1v) is 16.7. The van der Waals surface area contributed by atoms with Crippen molar-refractivity contribution in [3.05, 3.63) is 164 Å². The Labute approximate surface area is 275 Å². The lowest BCUT2D eigenvalue weighted by molar-refractivity contribution is 0.670. The van der Waals surface area contributed by atoms with Gasteiger partial charge in [-0.05, 0) is 64.2 Å². The van der Waals surface area contributed by atoms with E-state index < -0.39 is 0 Å². The molecule has 0 atom stereocenters. The lowest BCUT2D eigenvalue weighted by atomic mass is 9.93. The molecule has 0 saturated carbocycles. The van der Waals surface area contributed by atoms with Crippen molar-refractivity contribution in [3.63, 3.8) is 0 Å². The van der Waals surface area contributed by atoms with E-state index in [4.69, 9.17) is 4.42 Å². The third-order valence-corrected chi connectivity index (χ3v) is 10.6. The summed E-state index contributed by atoms with van der Waals surface area (Å²) in [4.78, 5) is 0. The largest absolute Gasteiger partial charge is 0.455 e. The van der Waals surface area contributed by atoms with Crippen LogP contribution in [0, 0.1) is 0 Å². The highest BCUT2D eigenvalue weighted by Gasteiger charge is 2.20. The van der Waals surface area contributed by atoms with Crippen LogP contribution in [0.5, 0.6) is 0 Å². The van der Waals surface area contributed by atoms with Gasteiger partial charge in [0.15, 0.2) is 0 Å². The maximum absolute atomic E-state index is 6.61. The van der Waals surface area contributed by atoms with E-state index in [9.17, 15) is 0 Å². The maximum atomic E-state index is 6.61. The first-order valence-electron chi connectivity index (χ1n) is 15.9. The van der Waals surface area contributed by atoms with Crippen LogP contribution in [0.3, 0.4) is 0 Å². The number of hydrogen-bond donors (Lipinski definition) is 0. The first-order chi connectivity index (χ1) is 23.3. The summed E-state index contributed by atoms with van der Waals surface area (Å²) in [5.41, 5.74) is 12.6. The predicted molar refractivity (Wildman–Crippen MR) is 200 cm³/mol. The molecule has 0 radical (unpaired) electrons. The summed E-state index contributed by atoms with van der Waals surface area (Å²) in [7, 11) is 0. The van der Waals surface area contributed by atoms with Gasteiger partial charge < -0.3 is 8.98 Å².